The number of rotatable bonds is 0. The van der Waals surface area contributed by atoms with Crippen molar-refractivity contribution in [1.82, 2.24) is 0 Å². The van der Waals surface area contributed by atoms with Gasteiger partial charge in [-0.05, 0) is 46.7 Å². The van der Waals surface area contributed by atoms with Gasteiger partial charge in [0.2, 0.25) is 0 Å². The summed E-state index contributed by atoms with van der Waals surface area (Å²) >= 11 is 0. The average Bonchev–Trinajstić information content (AvgIpc) is 2.39. The van der Waals surface area contributed by atoms with Gasteiger partial charge in [0.05, 0.1) is 0 Å². The molecule has 0 aliphatic heterocycles. The Kier molecular flexibility index (Phi) is 10.3. The summed E-state index contributed by atoms with van der Waals surface area (Å²) < 4.78 is 0. The summed E-state index contributed by atoms with van der Waals surface area (Å²) in [5.74, 6) is 1.37. The molecule has 0 bridgehead atoms. The van der Waals surface area contributed by atoms with Crippen LogP contribution in [0.4, 0.5) is 0 Å². The lowest BCUT2D eigenvalue weighted by Gasteiger charge is -1.39. The molecule has 18 heavy (non-hydrogen) atoms. The molecule has 0 N–H and O–H groups in total. The van der Waals surface area contributed by atoms with Gasteiger partial charge in [-0.3, -0.25) is 0 Å². The molecule has 0 spiro atoms. The molecule has 1 nitrogen and oxygen atoms in total. The number of hydrogen-bond donors (Lipinski definition) is 0. The van der Waals surface area contributed by atoms with Gasteiger partial charge in [0.15, 0.2) is 5.94 Å². The minimum absolute atomic E-state index is 1.37. The van der Waals surface area contributed by atoms with E-state index in [0.717, 1.165) is 0 Å². The van der Waals surface area contributed by atoms with Crippen molar-refractivity contribution in [3.8, 4) is 0 Å². The molecule has 0 aliphatic rings. The molecular weight excluding hydrogens is 220 g/mol. The van der Waals surface area contributed by atoms with Crippen molar-refractivity contribution < 1.29 is 4.79 Å². The van der Waals surface area contributed by atoms with Crippen molar-refractivity contribution >= 4 is 5.94 Å². The molecule has 76 valence electrons. The molecule has 0 rings (SSSR count). The molecular formula is C17H2O. The lowest BCUT2D eigenvalue weighted by molar-refractivity contribution is 0.569. The maximum Gasteiger partial charge on any atom is 0.186 e. The second-order valence-corrected chi connectivity index (χ2v) is 2.03. The molecule has 0 saturated carbocycles. The fourth-order valence-electron chi connectivity index (χ4n) is 0.445. The summed E-state index contributed by atoms with van der Waals surface area (Å²) in [6, 6.07) is 0. The van der Waals surface area contributed by atoms with Crippen molar-refractivity contribution in [2.45, 2.75) is 0 Å². The highest BCUT2D eigenvalue weighted by Crippen LogP contribution is 1.56. The molecule has 0 aromatic heterocycles. The van der Waals surface area contributed by atoms with Crippen molar-refractivity contribution in [2.24, 2.45) is 0 Å². The first-order chi connectivity index (χ1) is 8.91. The Morgan fingerprint density at radius 1 is 0.444 bits per heavy atom. The third-order valence-corrected chi connectivity index (χ3v) is 0.952. The van der Waals surface area contributed by atoms with E-state index in [4.69, 9.17) is 0 Å². The zero-order valence-electron chi connectivity index (χ0n) is 9.12. The van der Waals surface area contributed by atoms with Crippen molar-refractivity contribution in [3.63, 3.8) is 0 Å². The van der Waals surface area contributed by atoms with E-state index in [-0.39, 0.29) is 0 Å². The zero-order valence-corrected chi connectivity index (χ0v) is 9.12. The minimum atomic E-state index is 1.37. The highest BCUT2D eigenvalue weighted by atomic mass is 16.1. The maximum atomic E-state index is 9.66. The summed E-state index contributed by atoms with van der Waals surface area (Å²) in [5.41, 5.74) is 35.7. The molecule has 0 radical (unpaired) electrons. The second-order valence-electron chi connectivity index (χ2n) is 2.03. The fraction of sp³-hybridized carbons (Fsp3) is 0. The smallest absolute Gasteiger partial charge is 0.186 e. The average molecular weight is 222 g/mol. The van der Waals surface area contributed by atoms with Gasteiger partial charge >= 0.3 is 0 Å². The Morgan fingerprint density at radius 3 is 1.00 bits per heavy atom. The molecule has 0 fully saturated rings. The van der Waals surface area contributed by atoms with E-state index in [1.165, 1.54) is 5.94 Å². The van der Waals surface area contributed by atoms with Crippen molar-refractivity contribution in [3.05, 3.63) is 92.5 Å². The first kappa shape index (κ1) is 14.1. The highest BCUT2D eigenvalue weighted by Gasteiger charge is 1.41. The predicted molar refractivity (Wildman–Crippen MR) is 64.0 cm³/mol. The van der Waals surface area contributed by atoms with E-state index in [1.807, 2.05) is 5.73 Å². The van der Waals surface area contributed by atoms with Crippen LogP contribution in [0.1, 0.15) is 0 Å². The van der Waals surface area contributed by atoms with Crippen LogP contribution < -0.4 is 0 Å². The van der Waals surface area contributed by atoms with E-state index >= 15 is 0 Å². The summed E-state index contributed by atoms with van der Waals surface area (Å²) in [5, 5.41) is 0. The third-order valence-electron chi connectivity index (χ3n) is 0.952. The van der Waals surface area contributed by atoms with Crippen LogP contribution in [0, 0.1) is 0 Å². The number of hydrogen-bond acceptors (Lipinski definition) is 1. The van der Waals surface area contributed by atoms with Crippen LogP contribution in [0.25, 0.3) is 0 Å². The van der Waals surface area contributed by atoms with E-state index in [9.17, 15) is 4.79 Å². The molecule has 1 heteroatoms. The normalized spacial score (nSPS) is 3.78. The van der Waals surface area contributed by atoms with Gasteiger partial charge in [-0.2, -0.15) is 0 Å². The predicted octanol–water partition coefficient (Wildman–Crippen LogP) is 2.33. The van der Waals surface area contributed by atoms with Crippen LogP contribution in [-0.2, 0) is 4.79 Å². The molecule has 0 atom stereocenters. The van der Waals surface area contributed by atoms with Gasteiger partial charge in [0.25, 0.3) is 0 Å². The lowest BCUT2D eigenvalue weighted by Crippen LogP contribution is -1.29. The van der Waals surface area contributed by atoms with E-state index in [1.54, 1.807) is 0 Å². The molecule has 0 aliphatic carbocycles. The van der Waals surface area contributed by atoms with Gasteiger partial charge in [-0.25, -0.2) is 4.79 Å². The highest BCUT2D eigenvalue weighted by molar-refractivity contribution is 5.43. The Labute approximate surface area is 104 Å². The van der Waals surface area contributed by atoms with Crippen LogP contribution in [0.5, 0.6) is 0 Å². The Hall–Kier alpha value is -3.85. The summed E-state index contributed by atoms with van der Waals surface area (Å²) in [6.45, 7) is 3.28. The standard InChI is InChI=1S/C17H2O/c1-2-3-4-5-6-7-8-9-10-11-12-13-14-15-16-17-18/h1H2. The van der Waals surface area contributed by atoms with Gasteiger partial charge in [0.1, 0.15) is 0 Å². The Morgan fingerprint density at radius 2 is 0.722 bits per heavy atom. The van der Waals surface area contributed by atoms with Crippen molar-refractivity contribution in [1.29, 1.82) is 0 Å². The maximum absolute atomic E-state index is 9.66. The van der Waals surface area contributed by atoms with Crippen LogP contribution in [0.2, 0.25) is 0 Å². The van der Waals surface area contributed by atoms with Crippen LogP contribution in [-0.4, -0.2) is 5.94 Å². The second kappa shape index (κ2) is 13.1. The largest absolute Gasteiger partial charge is 0.223 e. The molecule has 0 aromatic carbocycles. The summed E-state index contributed by atoms with van der Waals surface area (Å²) in [4.78, 5) is 9.66. The Balaban J connectivity index is 5.72. The van der Waals surface area contributed by atoms with E-state index < -0.39 is 0 Å². The summed E-state index contributed by atoms with van der Waals surface area (Å²) in [7, 11) is 0. The monoisotopic (exact) mass is 222 g/mol. The first-order valence-electron chi connectivity index (χ1n) is 4.31. The molecule has 0 aromatic rings. The fourth-order valence-corrected chi connectivity index (χ4v) is 0.445. The van der Waals surface area contributed by atoms with Gasteiger partial charge in [-0.15, -0.1) is 0 Å². The molecule has 0 heterocycles. The van der Waals surface area contributed by atoms with Crippen molar-refractivity contribution in [2.75, 3.05) is 0 Å². The van der Waals surface area contributed by atoms with Gasteiger partial charge in [0, 0.05) is 40.1 Å². The topological polar surface area (TPSA) is 17.1 Å². The summed E-state index contributed by atoms with van der Waals surface area (Å²) in [6.07, 6.45) is 0. The minimum Gasteiger partial charge on any atom is -0.223 e. The molecule has 0 unspecified atom stereocenters. The van der Waals surface area contributed by atoms with Gasteiger partial charge < -0.3 is 0 Å². The van der Waals surface area contributed by atoms with Crippen LogP contribution in [0.3, 0.4) is 0 Å². The van der Waals surface area contributed by atoms with Crippen LogP contribution >= 0.6 is 0 Å². The van der Waals surface area contributed by atoms with E-state index in [0.29, 0.717) is 0 Å². The van der Waals surface area contributed by atoms with E-state index in [2.05, 4.69) is 86.8 Å². The third kappa shape index (κ3) is 12.1. The number of carbonyl (C=O) groups excluding carboxylic acids is 1. The SMILES string of the molecule is C=C=C=C=C=C=C=C=C=C=C=C=C=C=C=C=C=O. The zero-order chi connectivity index (χ0) is 13.3. The van der Waals surface area contributed by atoms with Gasteiger partial charge in [-0.1, -0.05) is 5.73 Å². The van der Waals surface area contributed by atoms with Crippen LogP contribution in [0.15, 0.2) is 92.5 Å². The quantitative estimate of drug-likeness (QED) is 0.454. The first-order valence-corrected chi connectivity index (χ1v) is 4.31. The lowest BCUT2D eigenvalue weighted by atomic mass is 10.6. The Bertz CT molecular complexity index is 825. The molecule has 0 saturated heterocycles. The molecule has 0 amide bonds.